The third kappa shape index (κ3) is 3.36. The van der Waals surface area contributed by atoms with Gasteiger partial charge < -0.3 is 15.8 Å². The van der Waals surface area contributed by atoms with Crippen LogP contribution in [0.3, 0.4) is 0 Å². The van der Waals surface area contributed by atoms with E-state index in [2.05, 4.69) is 21.2 Å². The molecular formula is C16H17BrN2O2. The van der Waals surface area contributed by atoms with Crippen LogP contribution >= 0.6 is 15.9 Å². The SMILES string of the molecule is COc1cc(N)ccc1C(=O)Nc1c(C)cc(Br)cc1C. The first-order chi connectivity index (χ1) is 9.92. The van der Waals surface area contributed by atoms with E-state index in [-0.39, 0.29) is 5.91 Å². The number of amides is 1. The summed E-state index contributed by atoms with van der Waals surface area (Å²) < 4.78 is 6.20. The highest BCUT2D eigenvalue weighted by atomic mass is 79.9. The highest BCUT2D eigenvalue weighted by molar-refractivity contribution is 9.10. The first-order valence-corrected chi connectivity index (χ1v) is 7.23. The fraction of sp³-hybridized carbons (Fsp3) is 0.188. The Morgan fingerprint density at radius 1 is 1.19 bits per heavy atom. The summed E-state index contributed by atoms with van der Waals surface area (Å²) in [5.74, 6) is 0.236. The predicted octanol–water partition coefficient (Wildman–Crippen LogP) is 3.91. The second kappa shape index (κ2) is 6.18. The van der Waals surface area contributed by atoms with Crippen molar-refractivity contribution < 1.29 is 9.53 Å². The molecule has 4 nitrogen and oxygen atoms in total. The van der Waals surface area contributed by atoms with Crippen LogP contribution in [0.2, 0.25) is 0 Å². The monoisotopic (exact) mass is 348 g/mol. The molecule has 0 radical (unpaired) electrons. The zero-order valence-corrected chi connectivity index (χ0v) is 13.7. The van der Waals surface area contributed by atoms with Gasteiger partial charge in [-0.2, -0.15) is 0 Å². The lowest BCUT2D eigenvalue weighted by molar-refractivity contribution is 0.102. The number of nitrogens with two attached hydrogens (primary N) is 1. The maximum absolute atomic E-state index is 12.5. The number of halogens is 1. The molecule has 0 heterocycles. The Morgan fingerprint density at radius 2 is 1.81 bits per heavy atom. The average Bonchev–Trinajstić information content (AvgIpc) is 2.42. The van der Waals surface area contributed by atoms with E-state index in [1.54, 1.807) is 18.2 Å². The molecule has 0 saturated carbocycles. The molecule has 2 aromatic carbocycles. The molecular weight excluding hydrogens is 332 g/mol. The predicted molar refractivity (Wildman–Crippen MR) is 89.0 cm³/mol. The van der Waals surface area contributed by atoms with Crippen LogP contribution in [0.25, 0.3) is 0 Å². The summed E-state index contributed by atoms with van der Waals surface area (Å²) in [5, 5.41) is 2.94. The number of carbonyl (C=O) groups excluding carboxylic acids is 1. The summed E-state index contributed by atoms with van der Waals surface area (Å²) in [6, 6.07) is 8.90. The van der Waals surface area contributed by atoms with E-state index < -0.39 is 0 Å². The zero-order valence-electron chi connectivity index (χ0n) is 12.2. The molecule has 5 heteroatoms. The Hall–Kier alpha value is -2.01. The van der Waals surface area contributed by atoms with Gasteiger partial charge in [0.05, 0.1) is 12.7 Å². The van der Waals surface area contributed by atoms with Crippen molar-refractivity contribution in [3.8, 4) is 5.75 Å². The Bertz CT molecular complexity index is 676. The molecule has 3 N–H and O–H groups in total. The Balaban J connectivity index is 2.35. The number of nitrogen functional groups attached to an aromatic ring is 1. The molecule has 110 valence electrons. The fourth-order valence-corrected chi connectivity index (χ4v) is 2.87. The van der Waals surface area contributed by atoms with Crippen molar-refractivity contribution >= 4 is 33.2 Å². The fourth-order valence-electron chi connectivity index (χ4n) is 2.18. The highest BCUT2D eigenvalue weighted by Gasteiger charge is 2.15. The van der Waals surface area contributed by atoms with Gasteiger partial charge in [0.25, 0.3) is 5.91 Å². The summed E-state index contributed by atoms with van der Waals surface area (Å²) in [5.41, 5.74) is 9.50. The Labute approximate surface area is 132 Å². The molecule has 0 fully saturated rings. The van der Waals surface area contributed by atoms with Crippen molar-refractivity contribution in [3.63, 3.8) is 0 Å². The number of hydrogen-bond acceptors (Lipinski definition) is 3. The van der Waals surface area contributed by atoms with E-state index in [4.69, 9.17) is 10.5 Å². The van der Waals surface area contributed by atoms with E-state index in [9.17, 15) is 4.79 Å². The van der Waals surface area contributed by atoms with Crippen LogP contribution in [0.5, 0.6) is 5.75 Å². The molecule has 0 aromatic heterocycles. The Morgan fingerprint density at radius 3 is 2.38 bits per heavy atom. The first kappa shape index (κ1) is 15.4. The molecule has 21 heavy (non-hydrogen) atoms. The number of carbonyl (C=O) groups is 1. The molecule has 0 atom stereocenters. The van der Waals surface area contributed by atoms with Crippen LogP contribution in [0, 0.1) is 13.8 Å². The summed E-state index contributed by atoms with van der Waals surface area (Å²) in [6.45, 7) is 3.90. The summed E-state index contributed by atoms with van der Waals surface area (Å²) in [7, 11) is 1.52. The van der Waals surface area contributed by atoms with Crippen molar-refractivity contribution in [1.82, 2.24) is 0 Å². The lowest BCUT2D eigenvalue weighted by Crippen LogP contribution is -2.15. The van der Waals surface area contributed by atoms with E-state index in [0.717, 1.165) is 21.3 Å². The normalized spacial score (nSPS) is 10.3. The third-order valence-corrected chi connectivity index (χ3v) is 3.66. The molecule has 2 aromatic rings. The number of anilines is 2. The lowest BCUT2D eigenvalue weighted by atomic mass is 10.1. The smallest absolute Gasteiger partial charge is 0.259 e. The Kier molecular flexibility index (Phi) is 4.53. The molecule has 0 aliphatic rings. The number of ether oxygens (including phenoxy) is 1. The second-order valence-electron chi connectivity index (χ2n) is 4.83. The molecule has 0 bridgehead atoms. The summed E-state index contributed by atoms with van der Waals surface area (Å²) in [4.78, 5) is 12.5. The van der Waals surface area contributed by atoms with Gasteiger partial charge in [0.1, 0.15) is 5.75 Å². The number of aryl methyl sites for hydroxylation is 2. The maximum Gasteiger partial charge on any atom is 0.259 e. The minimum atomic E-state index is -0.222. The van der Waals surface area contributed by atoms with Crippen molar-refractivity contribution in [2.24, 2.45) is 0 Å². The summed E-state index contributed by atoms with van der Waals surface area (Å²) >= 11 is 3.44. The number of rotatable bonds is 3. The zero-order chi connectivity index (χ0) is 15.6. The van der Waals surface area contributed by atoms with Gasteiger partial charge in [-0.05, 0) is 49.2 Å². The molecule has 0 spiro atoms. The van der Waals surface area contributed by atoms with Crippen LogP contribution in [-0.2, 0) is 0 Å². The largest absolute Gasteiger partial charge is 0.496 e. The van der Waals surface area contributed by atoms with Crippen LogP contribution in [0.4, 0.5) is 11.4 Å². The van der Waals surface area contributed by atoms with Crippen LogP contribution < -0.4 is 15.8 Å². The molecule has 0 unspecified atom stereocenters. The third-order valence-electron chi connectivity index (χ3n) is 3.21. The molecule has 0 aliphatic carbocycles. The molecule has 0 aliphatic heterocycles. The topological polar surface area (TPSA) is 64.3 Å². The van der Waals surface area contributed by atoms with Crippen molar-refractivity contribution in [2.45, 2.75) is 13.8 Å². The lowest BCUT2D eigenvalue weighted by Gasteiger charge is -2.14. The van der Waals surface area contributed by atoms with E-state index in [0.29, 0.717) is 17.0 Å². The van der Waals surface area contributed by atoms with Crippen molar-refractivity contribution in [2.75, 3.05) is 18.2 Å². The number of methoxy groups -OCH3 is 1. The van der Waals surface area contributed by atoms with Crippen molar-refractivity contribution in [3.05, 3.63) is 51.5 Å². The quantitative estimate of drug-likeness (QED) is 0.826. The van der Waals surface area contributed by atoms with Crippen molar-refractivity contribution in [1.29, 1.82) is 0 Å². The van der Waals surface area contributed by atoms with Gasteiger partial charge in [-0.1, -0.05) is 15.9 Å². The number of nitrogens with one attached hydrogen (secondary N) is 1. The minimum Gasteiger partial charge on any atom is -0.496 e. The molecule has 2 rings (SSSR count). The van der Waals surface area contributed by atoms with Crippen LogP contribution in [0.1, 0.15) is 21.5 Å². The summed E-state index contributed by atoms with van der Waals surface area (Å²) in [6.07, 6.45) is 0. The standard InChI is InChI=1S/C16H17BrN2O2/c1-9-6-11(17)7-10(2)15(9)19-16(20)13-5-4-12(18)8-14(13)21-3/h4-8H,18H2,1-3H3,(H,19,20). The van der Waals surface area contributed by atoms with E-state index in [1.807, 2.05) is 26.0 Å². The average molecular weight is 349 g/mol. The highest BCUT2D eigenvalue weighted by Crippen LogP contribution is 2.27. The maximum atomic E-state index is 12.5. The van der Waals surface area contributed by atoms with E-state index >= 15 is 0 Å². The van der Waals surface area contributed by atoms with Gasteiger partial charge in [0.2, 0.25) is 0 Å². The van der Waals surface area contributed by atoms with Gasteiger partial charge in [-0.3, -0.25) is 4.79 Å². The molecule has 0 saturated heterocycles. The van der Waals surface area contributed by atoms with Gasteiger partial charge >= 0.3 is 0 Å². The first-order valence-electron chi connectivity index (χ1n) is 6.44. The van der Waals surface area contributed by atoms with Gasteiger partial charge in [-0.15, -0.1) is 0 Å². The number of benzene rings is 2. The van der Waals surface area contributed by atoms with Gasteiger partial charge in [0, 0.05) is 21.9 Å². The van der Waals surface area contributed by atoms with E-state index in [1.165, 1.54) is 7.11 Å². The van der Waals surface area contributed by atoms with Gasteiger partial charge in [0.15, 0.2) is 0 Å². The molecule has 1 amide bonds. The minimum absolute atomic E-state index is 0.222. The van der Waals surface area contributed by atoms with Crippen LogP contribution in [-0.4, -0.2) is 13.0 Å². The van der Waals surface area contributed by atoms with Crippen LogP contribution in [0.15, 0.2) is 34.8 Å². The second-order valence-corrected chi connectivity index (χ2v) is 5.74. The van der Waals surface area contributed by atoms with Gasteiger partial charge in [-0.25, -0.2) is 0 Å². The number of hydrogen-bond donors (Lipinski definition) is 2.